The maximum absolute atomic E-state index is 10.5. The molecule has 1 aromatic rings. The first-order valence-electron chi connectivity index (χ1n) is 6.79. The Bertz CT molecular complexity index is 766. The second-order valence-electron chi connectivity index (χ2n) is 4.56. The van der Waals surface area contributed by atoms with Gasteiger partial charge in [0, 0.05) is 18.2 Å². The van der Waals surface area contributed by atoms with Crippen LogP contribution in [0.5, 0.6) is 0 Å². The van der Waals surface area contributed by atoms with E-state index >= 15 is 0 Å². The van der Waals surface area contributed by atoms with E-state index < -0.39 is 10.3 Å². The van der Waals surface area contributed by atoms with E-state index in [-0.39, 0.29) is 13.0 Å². The van der Waals surface area contributed by atoms with E-state index in [1.165, 1.54) is 0 Å². The number of para-hydroxylation sites is 1. The molecule has 0 N–H and O–H groups in total. The molecule has 0 saturated carbocycles. The standard InChI is InChI=1S/C15H15N3O3S/c16-18-13-7-8-14(17-12-5-2-1-3-6-12)15(11-13)21-9-4-10-22(19)20/h1-3,5-6,10-11H,4,7-9H2. The van der Waals surface area contributed by atoms with E-state index in [1.807, 2.05) is 30.3 Å². The highest BCUT2D eigenvalue weighted by Gasteiger charge is 2.21. The minimum Gasteiger partial charge on any atom is -0.491 e. The lowest BCUT2D eigenvalue weighted by molar-refractivity contribution is -0.00664. The normalized spacial score (nSPS) is 15.9. The molecule has 1 aliphatic rings. The first-order chi connectivity index (χ1) is 10.7. The van der Waals surface area contributed by atoms with Gasteiger partial charge in [-0.25, -0.2) is 4.99 Å². The Morgan fingerprint density at radius 1 is 1.27 bits per heavy atom. The maximum atomic E-state index is 10.5. The molecule has 0 radical (unpaired) electrons. The van der Waals surface area contributed by atoms with Gasteiger partial charge in [-0.1, -0.05) is 18.2 Å². The number of nitrogens with zero attached hydrogens (tertiary/aromatic N) is 3. The highest BCUT2D eigenvalue weighted by molar-refractivity contribution is 7.71. The number of hydrogen-bond donors (Lipinski definition) is 0. The summed E-state index contributed by atoms with van der Waals surface area (Å²) in [6.07, 6.45) is 3.07. The van der Waals surface area contributed by atoms with Gasteiger partial charge in [0.05, 0.1) is 30.5 Å². The Kier molecular flexibility index (Phi) is 5.82. The molecule has 22 heavy (non-hydrogen) atoms. The van der Waals surface area contributed by atoms with Crippen molar-refractivity contribution in [1.82, 2.24) is 0 Å². The molecule has 1 aliphatic carbocycles. The number of aliphatic imine (C=N–C) groups is 1. The Morgan fingerprint density at radius 3 is 2.73 bits per heavy atom. The largest absolute Gasteiger partial charge is 0.491 e. The lowest BCUT2D eigenvalue weighted by atomic mass is 10.0. The first-order valence-corrected chi connectivity index (χ1v) is 7.92. The van der Waals surface area contributed by atoms with E-state index in [1.54, 1.807) is 6.08 Å². The predicted octanol–water partition coefficient (Wildman–Crippen LogP) is 2.20. The van der Waals surface area contributed by atoms with Crippen LogP contribution in [-0.2, 0) is 15.0 Å². The zero-order chi connectivity index (χ0) is 15.8. The molecule has 0 heterocycles. The molecule has 2 rings (SSSR count). The molecule has 0 atom stereocenters. The van der Waals surface area contributed by atoms with Crippen LogP contribution >= 0.6 is 0 Å². The van der Waals surface area contributed by atoms with E-state index in [4.69, 9.17) is 10.3 Å². The summed E-state index contributed by atoms with van der Waals surface area (Å²) in [5.41, 5.74) is 11.0. The van der Waals surface area contributed by atoms with Crippen LogP contribution in [0.1, 0.15) is 19.3 Å². The van der Waals surface area contributed by atoms with Gasteiger partial charge in [0.1, 0.15) is 5.76 Å². The molecule has 0 aliphatic heterocycles. The molecule has 1 aromatic carbocycles. The zero-order valence-corrected chi connectivity index (χ0v) is 12.7. The van der Waals surface area contributed by atoms with Crippen LogP contribution in [0.2, 0.25) is 0 Å². The number of hydrogen-bond acceptors (Lipinski definition) is 4. The molecular formula is C15H15N3O3S. The van der Waals surface area contributed by atoms with Gasteiger partial charge in [0.2, 0.25) is 10.3 Å². The number of rotatable bonds is 5. The van der Waals surface area contributed by atoms with Gasteiger partial charge < -0.3 is 10.3 Å². The van der Waals surface area contributed by atoms with Crippen LogP contribution < -0.4 is 0 Å². The summed E-state index contributed by atoms with van der Waals surface area (Å²) < 4.78 is 26.5. The summed E-state index contributed by atoms with van der Waals surface area (Å²) in [5.74, 6) is 0.507. The zero-order valence-electron chi connectivity index (χ0n) is 11.8. The fourth-order valence-corrected chi connectivity index (χ4v) is 2.25. The van der Waals surface area contributed by atoms with Gasteiger partial charge in [0.15, 0.2) is 0 Å². The second kappa shape index (κ2) is 8.07. The third-order valence-electron chi connectivity index (χ3n) is 2.98. The Balaban J connectivity index is 2.19. The molecule has 0 aromatic heterocycles. The van der Waals surface area contributed by atoms with Crippen LogP contribution in [0.25, 0.3) is 5.53 Å². The molecule has 0 amide bonds. The second-order valence-corrected chi connectivity index (χ2v) is 5.41. The summed E-state index contributed by atoms with van der Waals surface area (Å²) in [6, 6.07) is 9.47. The molecule has 0 bridgehead atoms. The van der Waals surface area contributed by atoms with Crippen molar-refractivity contribution in [2.24, 2.45) is 4.99 Å². The van der Waals surface area contributed by atoms with Crippen molar-refractivity contribution < 1.29 is 17.9 Å². The predicted molar refractivity (Wildman–Crippen MR) is 85.0 cm³/mol. The maximum Gasteiger partial charge on any atom is 0.296 e. The number of benzene rings is 1. The third kappa shape index (κ3) is 4.80. The highest BCUT2D eigenvalue weighted by Crippen LogP contribution is 2.20. The smallest absolute Gasteiger partial charge is 0.296 e. The van der Waals surface area contributed by atoms with Crippen LogP contribution in [0.4, 0.5) is 5.69 Å². The topological polar surface area (TPSA) is 92.1 Å². The average molecular weight is 317 g/mol. The van der Waals surface area contributed by atoms with Crippen LogP contribution in [0, 0.1) is 0 Å². The first kappa shape index (κ1) is 15.9. The third-order valence-corrected chi connectivity index (χ3v) is 3.49. The molecule has 0 unspecified atom stereocenters. The van der Waals surface area contributed by atoms with Gasteiger partial charge in [-0.15, -0.1) is 0 Å². The number of allylic oxidation sites excluding steroid dienone is 2. The highest BCUT2D eigenvalue weighted by atomic mass is 32.2. The Morgan fingerprint density at radius 2 is 2.05 bits per heavy atom. The minimum absolute atomic E-state index is 0.215. The summed E-state index contributed by atoms with van der Waals surface area (Å²) in [7, 11) is -2.19. The van der Waals surface area contributed by atoms with Crippen LogP contribution in [0.3, 0.4) is 0 Å². The summed E-state index contributed by atoms with van der Waals surface area (Å²) >= 11 is 0. The van der Waals surface area contributed by atoms with Crippen molar-refractivity contribution in [3.05, 3.63) is 47.7 Å². The van der Waals surface area contributed by atoms with Gasteiger partial charge in [0.25, 0.3) is 5.71 Å². The van der Waals surface area contributed by atoms with Crippen LogP contribution in [0.15, 0.2) is 47.2 Å². The minimum atomic E-state index is -2.19. The van der Waals surface area contributed by atoms with Gasteiger partial charge in [-0.3, -0.25) is 0 Å². The quantitative estimate of drug-likeness (QED) is 0.361. The fourth-order valence-electron chi connectivity index (χ4n) is 1.96. The molecule has 7 heteroatoms. The van der Waals surface area contributed by atoms with Crippen molar-refractivity contribution in [1.29, 1.82) is 0 Å². The SMILES string of the molecule is [N-]=[N+]=C1C=C(OCCC=S(=O)=O)C(=Nc2ccccc2)CC1. The lowest BCUT2D eigenvalue weighted by Gasteiger charge is -2.14. The molecule has 114 valence electrons. The van der Waals surface area contributed by atoms with E-state index in [2.05, 4.69) is 9.78 Å². The van der Waals surface area contributed by atoms with E-state index in [9.17, 15) is 8.42 Å². The van der Waals surface area contributed by atoms with Gasteiger partial charge in [-0.2, -0.15) is 13.2 Å². The van der Waals surface area contributed by atoms with Crippen molar-refractivity contribution in [2.45, 2.75) is 19.3 Å². The molecule has 0 spiro atoms. The van der Waals surface area contributed by atoms with Gasteiger partial charge >= 0.3 is 0 Å². The molecular weight excluding hydrogens is 302 g/mol. The van der Waals surface area contributed by atoms with E-state index in [0.29, 0.717) is 24.3 Å². The van der Waals surface area contributed by atoms with Crippen molar-refractivity contribution >= 4 is 32.8 Å². The Labute approximate surface area is 129 Å². The van der Waals surface area contributed by atoms with Crippen molar-refractivity contribution in [2.75, 3.05) is 6.61 Å². The summed E-state index contributed by atoms with van der Waals surface area (Å²) in [5, 5.41) is 1.14. The summed E-state index contributed by atoms with van der Waals surface area (Å²) in [4.78, 5) is 7.73. The monoisotopic (exact) mass is 317 g/mol. The van der Waals surface area contributed by atoms with Crippen LogP contribution in [-0.4, -0.2) is 36.6 Å². The fraction of sp³-hybridized carbons (Fsp3) is 0.267. The average Bonchev–Trinajstić information content (AvgIpc) is 2.53. The molecule has 6 nitrogen and oxygen atoms in total. The van der Waals surface area contributed by atoms with Crippen molar-refractivity contribution in [3.8, 4) is 0 Å². The molecule has 0 fully saturated rings. The van der Waals surface area contributed by atoms with Gasteiger partial charge in [-0.05, 0) is 12.1 Å². The van der Waals surface area contributed by atoms with Crippen molar-refractivity contribution in [3.63, 3.8) is 0 Å². The number of ether oxygens (including phenoxy) is 1. The van der Waals surface area contributed by atoms with E-state index in [0.717, 1.165) is 16.8 Å². The Hall–Kier alpha value is -2.50. The molecule has 0 saturated heterocycles. The summed E-state index contributed by atoms with van der Waals surface area (Å²) in [6.45, 7) is 0.215. The lowest BCUT2D eigenvalue weighted by Crippen LogP contribution is -2.17.